The maximum atomic E-state index is 12.8. The van der Waals surface area contributed by atoms with Crippen molar-refractivity contribution in [3.8, 4) is 0 Å². The second-order valence-electron chi connectivity index (χ2n) is 11.4. The molecule has 1 N–H and O–H groups in total. The summed E-state index contributed by atoms with van der Waals surface area (Å²) in [6, 6.07) is 0.133. The maximum absolute atomic E-state index is 12.8. The summed E-state index contributed by atoms with van der Waals surface area (Å²) in [5, 5.41) is 0. The first-order valence-electron chi connectivity index (χ1n) is 11.7. The summed E-state index contributed by atoms with van der Waals surface area (Å²) in [5.41, 5.74) is -0.735. The Bertz CT molecular complexity index is 711. The van der Waals surface area contributed by atoms with Gasteiger partial charge in [0.25, 0.3) is 0 Å². The molecule has 0 aromatic carbocycles. The van der Waals surface area contributed by atoms with Gasteiger partial charge in [-0.3, -0.25) is 4.99 Å². The van der Waals surface area contributed by atoms with Crippen molar-refractivity contribution < 1.29 is 14.1 Å². The topological polar surface area (TPSA) is 77.0 Å². The van der Waals surface area contributed by atoms with Crippen LogP contribution in [0.3, 0.4) is 0 Å². The smallest absolute Gasteiger partial charge is 0.410 e. The Labute approximate surface area is 213 Å². The molecular weight excluding hydrogens is 502 g/mol. The second-order valence-corrected chi connectivity index (χ2v) is 14.3. The molecule has 1 aliphatic rings. The van der Waals surface area contributed by atoms with Gasteiger partial charge in [-0.05, 0) is 116 Å². The number of rotatable bonds is 10. The van der Waals surface area contributed by atoms with Crippen LogP contribution in [0.15, 0.2) is 27.8 Å². The minimum absolute atomic E-state index is 0.133. The van der Waals surface area contributed by atoms with Crippen LogP contribution in [-0.2, 0) is 16.1 Å². The van der Waals surface area contributed by atoms with Crippen molar-refractivity contribution in [2.75, 3.05) is 6.54 Å². The highest BCUT2D eigenvalue weighted by molar-refractivity contribution is 9.11. The molecule has 1 rings (SSSR count). The van der Waals surface area contributed by atoms with E-state index in [0.29, 0.717) is 12.5 Å². The van der Waals surface area contributed by atoms with Gasteiger partial charge in [0.1, 0.15) is 10.3 Å². The first-order chi connectivity index (χ1) is 15.0. The molecule has 8 heteroatoms. The van der Waals surface area contributed by atoms with Crippen LogP contribution in [-0.4, -0.2) is 50.7 Å². The number of hydrogen-bond acceptors (Lipinski definition) is 5. The van der Waals surface area contributed by atoms with E-state index in [1.54, 1.807) is 6.20 Å². The summed E-state index contributed by atoms with van der Waals surface area (Å²) >= 11 is 2.30. The fourth-order valence-electron chi connectivity index (χ4n) is 3.87. The van der Waals surface area contributed by atoms with E-state index >= 15 is 0 Å². The molecule has 0 radical (unpaired) electrons. The lowest BCUT2D eigenvalue weighted by Crippen LogP contribution is -2.45. The molecule has 0 bridgehead atoms. The number of amides is 1. The third-order valence-electron chi connectivity index (χ3n) is 5.50. The van der Waals surface area contributed by atoms with Crippen LogP contribution in [0.1, 0.15) is 87.5 Å². The Morgan fingerprint density at radius 2 is 1.97 bits per heavy atom. The third-order valence-corrected chi connectivity index (χ3v) is 7.63. The largest absolute Gasteiger partial charge is 0.598 e. The zero-order chi connectivity index (χ0) is 25.4. The van der Waals surface area contributed by atoms with Gasteiger partial charge in [0, 0.05) is 34.1 Å². The lowest BCUT2D eigenvalue weighted by Gasteiger charge is -2.33. The van der Waals surface area contributed by atoms with Crippen molar-refractivity contribution in [1.82, 2.24) is 9.62 Å². The van der Waals surface area contributed by atoms with Gasteiger partial charge in [-0.15, -0.1) is 4.72 Å². The zero-order valence-electron chi connectivity index (χ0n) is 21.7. The maximum Gasteiger partial charge on any atom is 0.410 e. The molecular formula is C25H44BrN3O3S. The fraction of sp³-hybridized carbons (Fsp3) is 0.760. The van der Waals surface area contributed by atoms with Gasteiger partial charge in [-0.2, -0.15) is 0 Å². The minimum Gasteiger partial charge on any atom is -0.598 e. The van der Waals surface area contributed by atoms with Gasteiger partial charge in [0.2, 0.25) is 0 Å². The van der Waals surface area contributed by atoms with E-state index in [2.05, 4.69) is 52.3 Å². The van der Waals surface area contributed by atoms with E-state index in [1.807, 2.05) is 52.5 Å². The monoisotopic (exact) mass is 545 g/mol. The Morgan fingerprint density at radius 1 is 1.33 bits per heavy atom. The van der Waals surface area contributed by atoms with Crippen molar-refractivity contribution in [2.24, 2.45) is 10.9 Å². The van der Waals surface area contributed by atoms with Crippen molar-refractivity contribution in [3.05, 3.63) is 22.8 Å². The molecule has 190 valence electrons. The summed E-state index contributed by atoms with van der Waals surface area (Å²) in [6.07, 6.45) is 10.0. The number of hydrogen-bond donors (Lipinski definition) is 1. The first-order valence-corrected chi connectivity index (χ1v) is 13.7. The number of likely N-dealkylation sites (tertiary alicyclic amines) is 1. The van der Waals surface area contributed by atoms with Crippen LogP contribution < -0.4 is 4.72 Å². The number of aliphatic imine (C=N–C) groups is 1. The van der Waals surface area contributed by atoms with Gasteiger partial charge < -0.3 is 14.2 Å². The van der Waals surface area contributed by atoms with Crippen LogP contribution in [0.25, 0.3) is 0 Å². The van der Waals surface area contributed by atoms with E-state index < -0.39 is 17.0 Å². The summed E-state index contributed by atoms with van der Waals surface area (Å²) in [5.74, 6) is 0.395. The number of allylic oxidation sites excluding steroid dienone is 3. The molecule has 0 saturated carbocycles. The number of carbonyl (C=O) groups excluding carboxylic acids is 1. The Balaban J connectivity index is 2.75. The summed E-state index contributed by atoms with van der Waals surface area (Å²) in [4.78, 5) is 18.3. The van der Waals surface area contributed by atoms with E-state index in [-0.39, 0.29) is 22.4 Å². The van der Waals surface area contributed by atoms with E-state index in [4.69, 9.17) is 4.74 Å². The Hall–Kier alpha value is -0.830. The molecule has 0 aromatic rings. The highest BCUT2D eigenvalue weighted by atomic mass is 79.9. The van der Waals surface area contributed by atoms with E-state index in [0.717, 1.165) is 36.6 Å². The van der Waals surface area contributed by atoms with Gasteiger partial charge >= 0.3 is 6.09 Å². The quantitative estimate of drug-likeness (QED) is 0.193. The average molecular weight is 547 g/mol. The van der Waals surface area contributed by atoms with Crippen molar-refractivity contribution in [3.63, 3.8) is 0 Å². The molecule has 0 aromatic heterocycles. The van der Waals surface area contributed by atoms with Crippen molar-refractivity contribution >= 4 is 40.1 Å². The van der Waals surface area contributed by atoms with Crippen LogP contribution in [0.4, 0.5) is 4.79 Å². The zero-order valence-corrected chi connectivity index (χ0v) is 24.1. The predicted octanol–water partition coefficient (Wildman–Crippen LogP) is 6.50. The predicted molar refractivity (Wildman–Crippen MR) is 144 cm³/mol. The minimum atomic E-state index is -1.13. The Kier molecular flexibility index (Phi) is 11.7. The van der Waals surface area contributed by atoms with Gasteiger partial charge in [0.05, 0.1) is 6.04 Å². The summed E-state index contributed by atoms with van der Waals surface area (Å²) in [6.45, 7) is 20.0. The third kappa shape index (κ3) is 11.4. The molecule has 6 nitrogen and oxygen atoms in total. The van der Waals surface area contributed by atoms with Crippen LogP contribution >= 0.6 is 15.9 Å². The highest BCUT2D eigenvalue weighted by Crippen LogP contribution is 2.36. The number of nitrogens with one attached hydrogen (secondary N) is 1. The Morgan fingerprint density at radius 3 is 2.52 bits per heavy atom. The number of halogens is 1. The molecule has 33 heavy (non-hydrogen) atoms. The average Bonchev–Trinajstić information content (AvgIpc) is 2.95. The molecule has 1 fully saturated rings. The molecule has 1 heterocycles. The molecule has 1 amide bonds. The molecule has 3 unspecified atom stereocenters. The lowest BCUT2D eigenvalue weighted by molar-refractivity contribution is 0.0131. The van der Waals surface area contributed by atoms with Crippen LogP contribution in [0.5, 0.6) is 0 Å². The molecule has 0 spiro atoms. The van der Waals surface area contributed by atoms with Gasteiger partial charge in [-0.1, -0.05) is 12.2 Å². The fourth-order valence-corrected chi connectivity index (χ4v) is 5.09. The van der Waals surface area contributed by atoms with Gasteiger partial charge in [0.15, 0.2) is 0 Å². The standard InChI is InChI=1S/C25H44BrN3O3S/c1-23(2,3)32-22(30)29-18-19(16-25(29,7)8)14-15-21(28-33(31)24(4,5)6)13-11-10-12-20(26)17-27-9/h10,12,17,19,21,28H,9,11,13-16,18H2,1-8H3/b12-10-,20-17+. The summed E-state index contributed by atoms with van der Waals surface area (Å²) < 4.78 is 22.3. The number of ether oxygens (including phenoxy) is 1. The first kappa shape index (κ1) is 30.2. The number of nitrogens with zero attached hydrogens (tertiary/aromatic N) is 2. The van der Waals surface area contributed by atoms with E-state index in [9.17, 15) is 9.35 Å². The molecule has 1 saturated heterocycles. The highest BCUT2D eigenvalue weighted by Gasteiger charge is 2.43. The van der Waals surface area contributed by atoms with Crippen LogP contribution in [0.2, 0.25) is 0 Å². The van der Waals surface area contributed by atoms with Crippen molar-refractivity contribution in [1.29, 1.82) is 0 Å². The normalized spacial score (nSPS) is 21.3. The lowest BCUT2D eigenvalue weighted by atomic mass is 9.91. The number of carbonyl (C=O) groups is 1. The summed E-state index contributed by atoms with van der Waals surface area (Å²) in [7, 11) is 0. The molecule has 3 atom stereocenters. The van der Waals surface area contributed by atoms with E-state index in [1.165, 1.54) is 0 Å². The van der Waals surface area contributed by atoms with Crippen LogP contribution in [0, 0.1) is 5.92 Å². The second kappa shape index (κ2) is 12.8. The molecule has 1 aliphatic heterocycles. The van der Waals surface area contributed by atoms with Gasteiger partial charge in [-0.25, -0.2) is 4.79 Å². The SMILES string of the molecule is C=N/C=C(Br)\C=C/CCC(CCC1CN(C(=O)OC(C)(C)C)C(C)(C)C1)N[S+]([O-])C(C)(C)C. The molecule has 0 aliphatic carbocycles. The van der Waals surface area contributed by atoms with Crippen molar-refractivity contribution in [2.45, 2.75) is 109 Å².